The van der Waals surface area contributed by atoms with Gasteiger partial charge in [0.15, 0.2) is 6.17 Å². The molecule has 1 aliphatic carbocycles. The Morgan fingerprint density at radius 1 is 1.39 bits per heavy atom. The molecule has 0 aliphatic heterocycles. The molecular formula is C14H23F3O5S. The highest BCUT2D eigenvalue weighted by Crippen LogP contribution is 2.56. The minimum atomic E-state index is -5.85. The Morgan fingerprint density at radius 3 is 2.30 bits per heavy atom. The Labute approximate surface area is 134 Å². The average Bonchev–Trinajstić information content (AvgIpc) is 2.61. The molecule has 0 radical (unpaired) electrons. The van der Waals surface area contributed by atoms with E-state index in [-0.39, 0.29) is 11.3 Å². The van der Waals surface area contributed by atoms with Gasteiger partial charge in [-0.1, -0.05) is 20.8 Å². The summed E-state index contributed by atoms with van der Waals surface area (Å²) in [4.78, 5) is 12.3. The maximum Gasteiger partial charge on any atom is 0.400 e. The molecule has 0 spiro atoms. The Kier molecular flexibility index (Phi) is 5.48. The van der Waals surface area contributed by atoms with E-state index in [1.165, 1.54) is 0 Å². The van der Waals surface area contributed by atoms with E-state index in [0.29, 0.717) is 6.42 Å². The van der Waals surface area contributed by atoms with Crippen molar-refractivity contribution in [1.29, 1.82) is 0 Å². The zero-order valence-electron chi connectivity index (χ0n) is 13.6. The second-order valence-corrected chi connectivity index (χ2v) is 8.42. The lowest BCUT2D eigenvalue weighted by atomic mass is 9.66. The molecular weight excluding hydrogens is 337 g/mol. The number of hydrogen-bond acceptors (Lipinski definition) is 4. The SMILES string of the molecule is CC1CCC(C)(C(=O)OCCC(F)C(F)(F)S(=O)(=O)O)C1(C)C. The molecule has 1 N–H and O–H groups in total. The molecule has 0 aromatic heterocycles. The van der Waals surface area contributed by atoms with E-state index < -0.39 is 46.0 Å². The molecule has 3 atom stereocenters. The van der Waals surface area contributed by atoms with E-state index >= 15 is 0 Å². The lowest BCUT2D eigenvalue weighted by Gasteiger charge is -2.38. The maximum atomic E-state index is 13.3. The van der Waals surface area contributed by atoms with Gasteiger partial charge in [0.05, 0.1) is 12.0 Å². The number of carbonyl (C=O) groups excluding carboxylic acids is 1. The molecule has 0 aromatic carbocycles. The van der Waals surface area contributed by atoms with E-state index in [1.54, 1.807) is 6.92 Å². The van der Waals surface area contributed by atoms with Gasteiger partial charge in [0.2, 0.25) is 0 Å². The quantitative estimate of drug-likeness (QED) is 0.581. The molecule has 1 fully saturated rings. The molecule has 136 valence electrons. The minimum Gasteiger partial charge on any atom is -0.465 e. The molecule has 9 heteroatoms. The highest BCUT2D eigenvalue weighted by molar-refractivity contribution is 7.86. The van der Waals surface area contributed by atoms with Crippen LogP contribution < -0.4 is 0 Å². The van der Waals surface area contributed by atoms with Crippen LogP contribution >= 0.6 is 0 Å². The first-order chi connectivity index (χ1) is 10.2. The number of rotatable bonds is 6. The second-order valence-electron chi connectivity index (χ2n) is 6.92. The molecule has 1 saturated carbocycles. The monoisotopic (exact) mass is 360 g/mol. The summed E-state index contributed by atoms with van der Waals surface area (Å²) < 4.78 is 73.5. The zero-order valence-corrected chi connectivity index (χ0v) is 14.4. The van der Waals surface area contributed by atoms with Crippen LogP contribution in [-0.4, -0.2) is 37.0 Å². The van der Waals surface area contributed by atoms with E-state index in [0.717, 1.165) is 6.42 Å². The summed E-state index contributed by atoms with van der Waals surface area (Å²) in [6, 6.07) is 0. The molecule has 0 aromatic rings. The van der Waals surface area contributed by atoms with Crippen LogP contribution in [0.1, 0.15) is 47.0 Å². The summed E-state index contributed by atoms with van der Waals surface area (Å²) >= 11 is 0. The van der Waals surface area contributed by atoms with Crippen LogP contribution in [0.25, 0.3) is 0 Å². The normalized spacial score (nSPS) is 29.3. The van der Waals surface area contributed by atoms with Crippen LogP contribution in [0.15, 0.2) is 0 Å². The van der Waals surface area contributed by atoms with E-state index in [2.05, 4.69) is 0 Å². The summed E-state index contributed by atoms with van der Waals surface area (Å²) in [5, 5.41) is -4.93. The predicted molar refractivity (Wildman–Crippen MR) is 77.3 cm³/mol. The Hall–Kier alpha value is -0.830. The van der Waals surface area contributed by atoms with Gasteiger partial charge in [-0.2, -0.15) is 17.2 Å². The van der Waals surface area contributed by atoms with Gasteiger partial charge in [-0.15, -0.1) is 0 Å². The molecule has 1 aliphatic rings. The van der Waals surface area contributed by atoms with Crippen LogP contribution in [0.3, 0.4) is 0 Å². The molecule has 0 amide bonds. The van der Waals surface area contributed by atoms with Crippen LogP contribution in [0, 0.1) is 16.7 Å². The highest BCUT2D eigenvalue weighted by Gasteiger charge is 2.56. The van der Waals surface area contributed by atoms with Crippen molar-refractivity contribution >= 4 is 16.1 Å². The third-order valence-electron chi connectivity index (χ3n) is 5.50. The summed E-state index contributed by atoms with van der Waals surface area (Å²) in [6.07, 6.45) is -2.80. The number of esters is 1. The fourth-order valence-electron chi connectivity index (χ4n) is 2.84. The first-order valence-electron chi connectivity index (χ1n) is 7.34. The maximum absolute atomic E-state index is 13.3. The van der Waals surface area contributed by atoms with Crippen LogP contribution in [0.5, 0.6) is 0 Å². The highest BCUT2D eigenvalue weighted by atomic mass is 32.2. The first kappa shape index (κ1) is 20.2. The summed E-state index contributed by atoms with van der Waals surface area (Å²) in [5.74, 6) is -0.355. The van der Waals surface area contributed by atoms with E-state index in [1.807, 2.05) is 20.8 Å². The predicted octanol–water partition coefficient (Wildman–Crippen LogP) is 3.20. The van der Waals surface area contributed by atoms with Crippen LogP contribution in [-0.2, 0) is 19.6 Å². The van der Waals surface area contributed by atoms with Crippen molar-refractivity contribution in [2.75, 3.05) is 6.61 Å². The fraction of sp³-hybridized carbons (Fsp3) is 0.929. The van der Waals surface area contributed by atoms with Crippen molar-refractivity contribution in [3.05, 3.63) is 0 Å². The third-order valence-corrected chi connectivity index (χ3v) is 6.44. The summed E-state index contributed by atoms with van der Waals surface area (Å²) in [6.45, 7) is 6.86. The van der Waals surface area contributed by atoms with Gasteiger partial charge in [0.25, 0.3) is 0 Å². The number of halogens is 3. The fourth-order valence-corrected chi connectivity index (χ4v) is 3.28. The zero-order chi connectivity index (χ0) is 18.3. The molecule has 1 rings (SSSR count). The number of carbonyl (C=O) groups is 1. The summed E-state index contributed by atoms with van der Waals surface area (Å²) in [7, 11) is -5.85. The van der Waals surface area contributed by atoms with Crippen LogP contribution in [0.4, 0.5) is 13.2 Å². The first-order valence-corrected chi connectivity index (χ1v) is 8.78. The van der Waals surface area contributed by atoms with E-state index in [9.17, 15) is 26.4 Å². The molecule has 0 saturated heterocycles. The van der Waals surface area contributed by atoms with Gasteiger partial charge in [-0.05, 0) is 31.1 Å². The van der Waals surface area contributed by atoms with Crippen molar-refractivity contribution in [2.24, 2.45) is 16.7 Å². The van der Waals surface area contributed by atoms with Gasteiger partial charge in [-0.25, -0.2) is 4.39 Å². The van der Waals surface area contributed by atoms with Gasteiger partial charge in [0.1, 0.15) is 0 Å². The number of ether oxygens (including phenoxy) is 1. The van der Waals surface area contributed by atoms with Crippen LogP contribution in [0.2, 0.25) is 0 Å². The summed E-state index contributed by atoms with van der Waals surface area (Å²) in [5.41, 5.74) is -1.18. The Bertz CT molecular complexity index is 561. The molecule has 5 nitrogen and oxygen atoms in total. The van der Waals surface area contributed by atoms with Crippen molar-refractivity contribution < 1.29 is 35.7 Å². The van der Waals surface area contributed by atoms with Crippen molar-refractivity contribution in [1.82, 2.24) is 0 Å². The largest absolute Gasteiger partial charge is 0.465 e. The minimum absolute atomic E-state index is 0.262. The molecule has 0 bridgehead atoms. The third kappa shape index (κ3) is 3.50. The Balaban J connectivity index is 2.65. The molecule has 3 unspecified atom stereocenters. The van der Waals surface area contributed by atoms with Gasteiger partial charge in [0, 0.05) is 6.42 Å². The van der Waals surface area contributed by atoms with Crippen molar-refractivity contribution in [2.45, 2.75) is 58.4 Å². The lowest BCUT2D eigenvalue weighted by Crippen LogP contribution is -2.42. The standard InChI is InChI=1S/C14H23F3O5S/c1-9-5-7-13(4,12(9,2)3)11(18)22-8-6-10(15)14(16,17)23(19,20)21/h9-10H,5-8H2,1-4H3,(H,19,20,21). The van der Waals surface area contributed by atoms with Crippen molar-refractivity contribution in [3.8, 4) is 0 Å². The number of alkyl halides is 3. The average molecular weight is 360 g/mol. The van der Waals surface area contributed by atoms with Gasteiger partial charge < -0.3 is 4.74 Å². The van der Waals surface area contributed by atoms with E-state index in [4.69, 9.17) is 9.29 Å². The van der Waals surface area contributed by atoms with Crippen molar-refractivity contribution in [3.63, 3.8) is 0 Å². The second kappa shape index (κ2) is 6.23. The van der Waals surface area contributed by atoms with Gasteiger partial charge >= 0.3 is 21.3 Å². The smallest absolute Gasteiger partial charge is 0.400 e. The topological polar surface area (TPSA) is 80.7 Å². The Morgan fingerprint density at radius 2 is 1.91 bits per heavy atom. The number of hydrogen-bond donors (Lipinski definition) is 1. The molecule has 23 heavy (non-hydrogen) atoms. The lowest BCUT2D eigenvalue weighted by molar-refractivity contribution is -0.162. The molecule has 0 heterocycles. The van der Waals surface area contributed by atoms with Gasteiger partial charge in [-0.3, -0.25) is 9.35 Å².